The number of halogens is 1. The van der Waals surface area contributed by atoms with Gasteiger partial charge in [0.1, 0.15) is 11.9 Å². The van der Waals surface area contributed by atoms with Crippen molar-refractivity contribution >= 4 is 11.6 Å². The summed E-state index contributed by atoms with van der Waals surface area (Å²) in [6.45, 7) is 11.7. The highest BCUT2D eigenvalue weighted by atomic mass is 35.5. The summed E-state index contributed by atoms with van der Waals surface area (Å²) in [5.41, 5.74) is 2.27. The van der Waals surface area contributed by atoms with Gasteiger partial charge in [0, 0.05) is 17.6 Å². The van der Waals surface area contributed by atoms with Crippen molar-refractivity contribution in [3.05, 3.63) is 28.3 Å². The first-order valence-electron chi connectivity index (χ1n) is 8.08. The molecule has 0 amide bonds. The van der Waals surface area contributed by atoms with Crippen LogP contribution in [0.4, 0.5) is 0 Å². The topological polar surface area (TPSA) is 21.3 Å². The third-order valence-electron chi connectivity index (χ3n) is 4.12. The smallest absolute Gasteiger partial charge is 0.123 e. The molecule has 1 unspecified atom stereocenters. The highest BCUT2D eigenvalue weighted by molar-refractivity contribution is 6.31. The highest BCUT2D eigenvalue weighted by Gasteiger charge is 2.24. The number of rotatable bonds is 7. The molecule has 1 aromatic carbocycles. The minimum Gasteiger partial charge on any atom is -0.489 e. The van der Waals surface area contributed by atoms with Crippen LogP contribution >= 0.6 is 11.6 Å². The van der Waals surface area contributed by atoms with Crippen LogP contribution in [0.15, 0.2) is 12.1 Å². The normalized spacial score (nSPS) is 16.6. The lowest BCUT2D eigenvalue weighted by Crippen LogP contribution is -2.36. The monoisotopic (exact) mass is 309 g/mol. The van der Waals surface area contributed by atoms with Gasteiger partial charge in [-0.2, -0.15) is 0 Å². The van der Waals surface area contributed by atoms with Gasteiger partial charge in [0.2, 0.25) is 0 Å². The van der Waals surface area contributed by atoms with Crippen molar-refractivity contribution in [1.29, 1.82) is 0 Å². The fourth-order valence-corrected chi connectivity index (χ4v) is 2.82. The van der Waals surface area contributed by atoms with E-state index in [1.54, 1.807) is 0 Å². The number of nitrogens with one attached hydrogen (secondary N) is 1. The Labute approximate surface area is 134 Å². The molecule has 1 atom stereocenters. The maximum atomic E-state index is 6.34. The first kappa shape index (κ1) is 16.6. The Morgan fingerprint density at radius 3 is 2.43 bits per heavy atom. The van der Waals surface area contributed by atoms with Crippen molar-refractivity contribution in [2.24, 2.45) is 5.92 Å². The number of aryl methyl sites for hydroxylation is 1. The molecule has 2 nitrogen and oxygen atoms in total. The van der Waals surface area contributed by atoms with Gasteiger partial charge in [-0.1, -0.05) is 39.3 Å². The lowest BCUT2D eigenvalue weighted by Gasteiger charge is -2.25. The summed E-state index contributed by atoms with van der Waals surface area (Å²) in [5.74, 6) is 1.86. The molecule has 1 N–H and O–H groups in total. The third kappa shape index (κ3) is 4.62. The number of benzene rings is 1. The molecule has 0 bridgehead atoms. The Hall–Kier alpha value is -0.730. The lowest BCUT2D eigenvalue weighted by molar-refractivity contribution is 0.147. The van der Waals surface area contributed by atoms with Crippen molar-refractivity contribution in [2.75, 3.05) is 6.54 Å². The van der Waals surface area contributed by atoms with Gasteiger partial charge in [-0.3, -0.25) is 0 Å². The van der Waals surface area contributed by atoms with E-state index in [0.29, 0.717) is 17.9 Å². The average molecular weight is 310 g/mol. The molecular weight excluding hydrogens is 282 g/mol. The van der Waals surface area contributed by atoms with Gasteiger partial charge in [-0.15, -0.1) is 0 Å². The maximum absolute atomic E-state index is 6.34. The van der Waals surface area contributed by atoms with E-state index in [2.05, 4.69) is 46.0 Å². The van der Waals surface area contributed by atoms with Crippen LogP contribution in [-0.2, 0) is 0 Å². The van der Waals surface area contributed by atoms with E-state index >= 15 is 0 Å². The first-order valence-corrected chi connectivity index (χ1v) is 8.46. The average Bonchev–Trinajstić information content (AvgIpc) is 3.19. The van der Waals surface area contributed by atoms with Crippen LogP contribution in [0.5, 0.6) is 5.75 Å². The highest BCUT2D eigenvalue weighted by Crippen LogP contribution is 2.32. The Morgan fingerprint density at radius 1 is 1.24 bits per heavy atom. The second-order valence-electron chi connectivity index (χ2n) is 6.88. The van der Waals surface area contributed by atoms with Crippen LogP contribution < -0.4 is 10.1 Å². The van der Waals surface area contributed by atoms with E-state index in [9.17, 15) is 0 Å². The lowest BCUT2D eigenvalue weighted by atomic mass is 10.0. The van der Waals surface area contributed by atoms with Crippen molar-refractivity contribution in [1.82, 2.24) is 5.32 Å². The minimum atomic E-state index is 0.200. The van der Waals surface area contributed by atoms with E-state index in [1.165, 1.54) is 12.8 Å². The second-order valence-corrected chi connectivity index (χ2v) is 7.28. The van der Waals surface area contributed by atoms with Gasteiger partial charge < -0.3 is 10.1 Å². The summed E-state index contributed by atoms with van der Waals surface area (Å²) in [4.78, 5) is 0. The predicted octanol–water partition coefficient (Wildman–Crippen LogP) is 4.93. The van der Waals surface area contributed by atoms with E-state index in [-0.39, 0.29) is 6.10 Å². The van der Waals surface area contributed by atoms with Crippen LogP contribution in [0.25, 0.3) is 0 Å². The van der Waals surface area contributed by atoms with Crippen LogP contribution in [-0.4, -0.2) is 18.7 Å². The van der Waals surface area contributed by atoms with Crippen molar-refractivity contribution < 1.29 is 4.74 Å². The number of ether oxygens (including phenoxy) is 1. The van der Waals surface area contributed by atoms with Gasteiger partial charge in [0.15, 0.2) is 0 Å². The molecule has 0 radical (unpaired) electrons. The molecule has 0 heterocycles. The molecule has 1 aliphatic rings. The molecule has 1 fully saturated rings. The molecule has 118 valence electrons. The summed E-state index contributed by atoms with van der Waals surface area (Å²) in [5, 5.41) is 4.42. The van der Waals surface area contributed by atoms with E-state index < -0.39 is 0 Å². The molecule has 2 rings (SSSR count). The first-order chi connectivity index (χ1) is 9.88. The number of hydrogen-bond donors (Lipinski definition) is 1. The van der Waals surface area contributed by atoms with E-state index in [1.807, 2.05) is 6.07 Å². The quantitative estimate of drug-likeness (QED) is 0.771. The maximum Gasteiger partial charge on any atom is 0.123 e. The number of hydrogen-bond acceptors (Lipinski definition) is 2. The summed E-state index contributed by atoms with van der Waals surface area (Å²) in [6.07, 6.45) is 2.82. The molecule has 1 aromatic rings. The fraction of sp³-hybridized carbons (Fsp3) is 0.667. The molecule has 0 saturated heterocycles. The van der Waals surface area contributed by atoms with Crippen LogP contribution in [0, 0.1) is 12.8 Å². The van der Waals surface area contributed by atoms with Crippen molar-refractivity contribution in [3.8, 4) is 5.75 Å². The Kier molecular flexibility index (Phi) is 5.56. The Balaban J connectivity index is 2.12. The summed E-state index contributed by atoms with van der Waals surface area (Å²) in [7, 11) is 0. The minimum absolute atomic E-state index is 0.200. The zero-order chi connectivity index (χ0) is 15.6. The molecule has 0 aromatic heterocycles. The van der Waals surface area contributed by atoms with Crippen LogP contribution in [0.2, 0.25) is 5.02 Å². The van der Waals surface area contributed by atoms with Gasteiger partial charge in [0.05, 0.1) is 0 Å². The molecule has 0 spiro atoms. The van der Waals surface area contributed by atoms with Gasteiger partial charge in [0.25, 0.3) is 0 Å². The van der Waals surface area contributed by atoms with Gasteiger partial charge in [-0.25, -0.2) is 0 Å². The largest absolute Gasteiger partial charge is 0.489 e. The summed E-state index contributed by atoms with van der Waals surface area (Å²) < 4.78 is 6.31. The SMILES string of the molecule is Cc1cc(Cl)c(C(C)C)cc1OC(CNC1CC1)C(C)C. The third-order valence-corrected chi connectivity index (χ3v) is 4.45. The zero-order valence-corrected chi connectivity index (χ0v) is 14.6. The molecule has 3 heteroatoms. The summed E-state index contributed by atoms with van der Waals surface area (Å²) in [6, 6.07) is 4.86. The zero-order valence-electron chi connectivity index (χ0n) is 13.9. The fourth-order valence-electron chi connectivity index (χ4n) is 2.38. The van der Waals surface area contributed by atoms with E-state index in [4.69, 9.17) is 16.3 Å². The van der Waals surface area contributed by atoms with Crippen LogP contribution in [0.1, 0.15) is 57.6 Å². The van der Waals surface area contributed by atoms with Gasteiger partial charge in [-0.05, 0) is 54.9 Å². The van der Waals surface area contributed by atoms with Gasteiger partial charge >= 0.3 is 0 Å². The Morgan fingerprint density at radius 2 is 1.90 bits per heavy atom. The summed E-state index contributed by atoms with van der Waals surface area (Å²) >= 11 is 6.34. The van der Waals surface area contributed by atoms with Crippen molar-refractivity contribution in [2.45, 2.75) is 65.5 Å². The Bertz CT molecular complexity index is 480. The van der Waals surface area contributed by atoms with Crippen LogP contribution in [0.3, 0.4) is 0 Å². The standard InChI is InChI=1S/C18H28ClNO/c1-11(2)15-9-17(13(5)8-16(15)19)21-18(12(3)4)10-20-14-6-7-14/h8-9,11-12,14,18,20H,6-7,10H2,1-5H3. The molecular formula is C18H28ClNO. The molecule has 21 heavy (non-hydrogen) atoms. The second kappa shape index (κ2) is 7.02. The van der Waals surface area contributed by atoms with Crippen molar-refractivity contribution in [3.63, 3.8) is 0 Å². The molecule has 1 saturated carbocycles. The molecule has 1 aliphatic carbocycles. The predicted molar refractivity (Wildman–Crippen MR) is 90.6 cm³/mol. The molecule has 0 aliphatic heterocycles. The van der Waals surface area contributed by atoms with E-state index in [0.717, 1.165) is 28.4 Å².